The zero-order valence-corrected chi connectivity index (χ0v) is 12.0. The van der Waals surface area contributed by atoms with Crippen LogP contribution in [-0.2, 0) is 9.59 Å². The molecule has 1 rings (SSSR count). The first kappa shape index (κ1) is 15.0. The summed E-state index contributed by atoms with van der Waals surface area (Å²) in [7, 11) is 0. The van der Waals surface area contributed by atoms with Crippen LogP contribution < -0.4 is 5.32 Å². The van der Waals surface area contributed by atoms with Gasteiger partial charge in [-0.25, -0.2) is 0 Å². The fourth-order valence-corrected chi connectivity index (χ4v) is 2.37. The van der Waals surface area contributed by atoms with Crippen molar-refractivity contribution in [2.75, 3.05) is 6.54 Å². The van der Waals surface area contributed by atoms with Gasteiger partial charge in [0.05, 0.1) is 0 Å². The van der Waals surface area contributed by atoms with Gasteiger partial charge in [-0.15, -0.1) is 0 Å². The largest absolute Gasteiger partial charge is 0.345 e. The predicted molar refractivity (Wildman–Crippen MR) is 72.1 cm³/mol. The van der Waals surface area contributed by atoms with Crippen LogP contribution in [0.3, 0.4) is 0 Å². The Morgan fingerprint density at radius 3 is 2.56 bits per heavy atom. The molecule has 4 nitrogen and oxygen atoms in total. The molecule has 0 aromatic rings. The second-order valence-electron chi connectivity index (χ2n) is 5.74. The predicted octanol–water partition coefficient (Wildman–Crippen LogP) is 1.94. The molecular formula is C14H26N2O2. The van der Waals surface area contributed by atoms with Gasteiger partial charge in [0.15, 0.2) is 0 Å². The third-order valence-electron chi connectivity index (χ3n) is 3.55. The van der Waals surface area contributed by atoms with Gasteiger partial charge in [-0.05, 0) is 26.2 Å². The van der Waals surface area contributed by atoms with Crippen LogP contribution in [0.4, 0.5) is 0 Å². The number of rotatable bonds is 5. The van der Waals surface area contributed by atoms with Gasteiger partial charge in [0.2, 0.25) is 11.8 Å². The monoisotopic (exact) mass is 254 g/mol. The molecule has 2 amide bonds. The Kier molecular flexibility index (Phi) is 5.63. The maximum Gasteiger partial charge on any atom is 0.245 e. The molecule has 0 bridgehead atoms. The zero-order valence-electron chi connectivity index (χ0n) is 12.0. The summed E-state index contributed by atoms with van der Waals surface area (Å²) < 4.78 is 0. The first-order valence-corrected chi connectivity index (χ1v) is 7.01. The molecule has 18 heavy (non-hydrogen) atoms. The summed E-state index contributed by atoms with van der Waals surface area (Å²) in [5.74, 6) is 0.741. The Bertz CT molecular complexity index is 302. The lowest BCUT2D eigenvalue weighted by atomic mass is 10.0. The number of nitrogens with zero attached hydrogens (tertiary/aromatic N) is 1. The van der Waals surface area contributed by atoms with Crippen molar-refractivity contribution in [1.82, 2.24) is 10.2 Å². The van der Waals surface area contributed by atoms with Crippen molar-refractivity contribution in [1.29, 1.82) is 0 Å². The summed E-state index contributed by atoms with van der Waals surface area (Å²) in [6.07, 6.45) is 3.77. The lowest BCUT2D eigenvalue weighted by molar-refractivity contribution is -0.134. The van der Waals surface area contributed by atoms with Crippen LogP contribution in [0.15, 0.2) is 0 Å². The topological polar surface area (TPSA) is 49.4 Å². The van der Waals surface area contributed by atoms with Gasteiger partial charge in [-0.2, -0.15) is 0 Å². The van der Waals surface area contributed by atoms with E-state index in [1.54, 1.807) is 6.92 Å². The molecule has 1 aliphatic heterocycles. The summed E-state index contributed by atoms with van der Waals surface area (Å²) in [5.41, 5.74) is 0. The molecule has 4 heteroatoms. The highest BCUT2D eigenvalue weighted by molar-refractivity contribution is 5.89. The molecule has 1 N–H and O–H groups in total. The summed E-state index contributed by atoms with van der Waals surface area (Å²) in [4.78, 5) is 25.4. The van der Waals surface area contributed by atoms with Crippen LogP contribution in [0.1, 0.15) is 53.4 Å². The van der Waals surface area contributed by atoms with E-state index >= 15 is 0 Å². The van der Waals surface area contributed by atoms with Gasteiger partial charge in [0.1, 0.15) is 6.04 Å². The highest BCUT2D eigenvalue weighted by Crippen LogP contribution is 2.15. The van der Waals surface area contributed by atoms with Crippen molar-refractivity contribution in [3.8, 4) is 0 Å². The van der Waals surface area contributed by atoms with E-state index in [0.717, 1.165) is 12.8 Å². The number of carbonyl (C=O) groups is 2. The molecule has 0 aliphatic carbocycles. The second-order valence-corrected chi connectivity index (χ2v) is 5.74. The van der Waals surface area contributed by atoms with Crippen LogP contribution in [-0.4, -0.2) is 35.3 Å². The van der Waals surface area contributed by atoms with Crippen molar-refractivity contribution >= 4 is 11.8 Å². The van der Waals surface area contributed by atoms with E-state index < -0.39 is 0 Å². The first-order valence-electron chi connectivity index (χ1n) is 7.01. The maximum atomic E-state index is 12.1. The van der Waals surface area contributed by atoms with Gasteiger partial charge >= 0.3 is 0 Å². The van der Waals surface area contributed by atoms with E-state index in [9.17, 15) is 9.59 Å². The molecule has 0 spiro atoms. The normalized spacial score (nSPS) is 22.9. The van der Waals surface area contributed by atoms with Crippen molar-refractivity contribution in [3.63, 3.8) is 0 Å². The van der Waals surface area contributed by atoms with E-state index in [4.69, 9.17) is 0 Å². The van der Waals surface area contributed by atoms with Crippen LogP contribution in [0.5, 0.6) is 0 Å². The van der Waals surface area contributed by atoms with Gasteiger partial charge in [-0.1, -0.05) is 26.7 Å². The summed E-state index contributed by atoms with van der Waals surface area (Å²) in [5, 5.41) is 2.72. The average molecular weight is 254 g/mol. The standard InChI is InChI=1S/C14H26N2O2/c1-10(2)6-5-7-11(3)16-9-8-13(17)15-12(4)14(16)18/h10-12H,5-9H2,1-4H3,(H,15,17). The second kappa shape index (κ2) is 6.76. The third-order valence-corrected chi connectivity index (χ3v) is 3.55. The lowest BCUT2D eigenvalue weighted by Crippen LogP contribution is -2.46. The number of nitrogens with one attached hydrogen (secondary N) is 1. The van der Waals surface area contributed by atoms with Crippen LogP contribution in [0.2, 0.25) is 0 Å². The highest BCUT2D eigenvalue weighted by atomic mass is 16.2. The summed E-state index contributed by atoms with van der Waals surface area (Å²) >= 11 is 0. The average Bonchev–Trinajstić information content (AvgIpc) is 2.39. The molecule has 2 unspecified atom stereocenters. The third kappa shape index (κ3) is 4.31. The molecule has 0 aromatic heterocycles. The fourth-order valence-electron chi connectivity index (χ4n) is 2.37. The van der Waals surface area contributed by atoms with Crippen molar-refractivity contribution in [2.24, 2.45) is 5.92 Å². The Morgan fingerprint density at radius 1 is 1.28 bits per heavy atom. The minimum atomic E-state index is -0.382. The smallest absolute Gasteiger partial charge is 0.245 e. The van der Waals surface area contributed by atoms with E-state index in [0.29, 0.717) is 18.9 Å². The lowest BCUT2D eigenvalue weighted by Gasteiger charge is -2.29. The molecular weight excluding hydrogens is 228 g/mol. The van der Waals surface area contributed by atoms with Crippen LogP contribution in [0, 0.1) is 5.92 Å². The van der Waals surface area contributed by atoms with E-state index in [-0.39, 0.29) is 23.9 Å². The van der Waals surface area contributed by atoms with Crippen LogP contribution >= 0.6 is 0 Å². The maximum absolute atomic E-state index is 12.1. The Labute approximate surface area is 110 Å². The SMILES string of the molecule is CC(C)CCCC(C)N1CCC(=O)NC(C)C1=O. The zero-order chi connectivity index (χ0) is 13.7. The van der Waals surface area contributed by atoms with Gasteiger partial charge in [0, 0.05) is 19.0 Å². The Balaban J connectivity index is 2.51. The first-order chi connectivity index (χ1) is 8.41. The molecule has 1 aliphatic rings. The molecule has 1 heterocycles. The molecule has 0 radical (unpaired) electrons. The van der Waals surface area contributed by atoms with E-state index in [1.165, 1.54) is 6.42 Å². The van der Waals surface area contributed by atoms with E-state index in [2.05, 4.69) is 26.1 Å². The summed E-state index contributed by atoms with van der Waals surface area (Å²) in [6.45, 7) is 8.83. The van der Waals surface area contributed by atoms with E-state index in [1.807, 2.05) is 4.90 Å². The number of hydrogen-bond donors (Lipinski definition) is 1. The molecule has 0 saturated carbocycles. The van der Waals surface area contributed by atoms with Crippen LogP contribution in [0.25, 0.3) is 0 Å². The summed E-state index contributed by atoms with van der Waals surface area (Å²) in [6, 6.07) is -0.154. The van der Waals surface area contributed by atoms with Crippen molar-refractivity contribution < 1.29 is 9.59 Å². The molecule has 1 fully saturated rings. The Morgan fingerprint density at radius 2 is 1.94 bits per heavy atom. The molecule has 2 atom stereocenters. The van der Waals surface area contributed by atoms with Gasteiger partial charge in [-0.3, -0.25) is 9.59 Å². The van der Waals surface area contributed by atoms with Crippen molar-refractivity contribution in [3.05, 3.63) is 0 Å². The molecule has 0 aromatic carbocycles. The molecule has 1 saturated heterocycles. The van der Waals surface area contributed by atoms with Gasteiger partial charge < -0.3 is 10.2 Å². The quantitative estimate of drug-likeness (QED) is 0.815. The highest BCUT2D eigenvalue weighted by Gasteiger charge is 2.29. The Hall–Kier alpha value is -1.06. The number of carbonyl (C=O) groups excluding carboxylic acids is 2. The fraction of sp³-hybridized carbons (Fsp3) is 0.857. The molecule has 104 valence electrons. The number of hydrogen-bond acceptors (Lipinski definition) is 2. The minimum absolute atomic E-state index is 0.0206. The van der Waals surface area contributed by atoms with Crippen molar-refractivity contribution in [2.45, 2.75) is 65.5 Å². The number of amides is 2. The minimum Gasteiger partial charge on any atom is -0.345 e. The van der Waals surface area contributed by atoms with Gasteiger partial charge in [0.25, 0.3) is 0 Å².